The van der Waals surface area contributed by atoms with Crippen molar-refractivity contribution in [3.8, 4) is 0 Å². The summed E-state index contributed by atoms with van der Waals surface area (Å²) < 4.78 is 13.3. The molecule has 14 heavy (non-hydrogen) atoms. The van der Waals surface area contributed by atoms with Crippen LogP contribution in [0.2, 0.25) is 0 Å². The van der Waals surface area contributed by atoms with Gasteiger partial charge in [0.1, 0.15) is 5.82 Å². The molecule has 1 aliphatic rings. The number of fused-ring (bicyclic) bond motifs is 1. The van der Waals surface area contributed by atoms with Crippen LogP contribution in [0, 0.1) is 5.82 Å². The van der Waals surface area contributed by atoms with Gasteiger partial charge in [0, 0.05) is 17.7 Å². The predicted octanol–water partition coefficient (Wildman–Crippen LogP) is 1.93. The molecule has 2 N–H and O–H groups in total. The minimum Gasteiger partial charge on any atom is -0.388 e. The Labute approximate surface area is 82.8 Å². The van der Waals surface area contributed by atoms with Crippen LogP contribution in [0.1, 0.15) is 19.4 Å². The number of aliphatic hydroxyl groups is 1. The van der Waals surface area contributed by atoms with Crippen molar-refractivity contribution in [3.63, 3.8) is 0 Å². The SMILES string of the molecule is CC(C)(O)C1Cc2c(F)cccc2N1. The molecule has 0 saturated heterocycles. The van der Waals surface area contributed by atoms with E-state index in [0.29, 0.717) is 12.0 Å². The molecular weight excluding hydrogens is 181 g/mol. The van der Waals surface area contributed by atoms with Gasteiger partial charge in [-0.2, -0.15) is 0 Å². The molecular formula is C11H14FNO. The van der Waals surface area contributed by atoms with Gasteiger partial charge in [0.05, 0.1) is 11.6 Å². The van der Waals surface area contributed by atoms with E-state index in [-0.39, 0.29) is 11.9 Å². The molecule has 1 aliphatic heterocycles. The lowest BCUT2D eigenvalue weighted by Gasteiger charge is -2.25. The van der Waals surface area contributed by atoms with Crippen LogP contribution in [0.3, 0.4) is 0 Å². The Morgan fingerprint density at radius 3 is 2.79 bits per heavy atom. The molecule has 0 saturated carbocycles. The molecule has 0 fully saturated rings. The van der Waals surface area contributed by atoms with E-state index in [4.69, 9.17) is 0 Å². The Kier molecular flexibility index (Phi) is 2.00. The summed E-state index contributed by atoms with van der Waals surface area (Å²) in [6, 6.07) is 4.86. The van der Waals surface area contributed by atoms with E-state index in [0.717, 1.165) is 5.69 Å². The van der Waals surface area contributed by atoms with Crippen molar-refractivity contribution in [2.75, 3.05) is 5.32 Å². The third-order valence-corrected chi connectivity index (χ3v) is 2.71. The number of halogens is 1. The normalized spacial score (nSPS) is 20.4. The average molecular weight is 195 g/mol. The zero-order valence-electron chi connectivity index (χ0n) is 8.34. The highest BCUT2D eigenvalue weighted by Crippen LogP contribution is 2.31. The molecule has 2 rings (SSSR count). The van der Waals surface area contributed by atoms with Gasteiger partial charge in [0.25, 0.3) is 0 Å². The van der Waals surface area contributed by atoms with Gasteiger partial charge in [-0.3, -0.25) is 0 Å². The standard InChI is InChI=1S/C11H14FNO/c1-11(2,14)10-6-7-8(12)4-3-5-9(7)13-10/h3-5,10,13-14H,6H2,1-2H3. The molecule has 1 heterocycles. The molecule has 0 aromatic heterocycles. The highest BCUT2D eigenvalue weighted by molar-refractivity contribution is 5.57. The van der Waals surface area contributed by atoms with Crippen molar-refractivity contribution < 1.29 is 9.50 Å². The third-order valence-electron chi connectivity index (χ3n) is 2.71. The van der Waals surface area contributed by atoms with Gasteiger partial charge in [-0.1, -0.05) is 6.07 Å². The molecule has 0 amide bonds. The van der Waals surface area contributed by atoms with Crippen LogP contribution in [-0.4, -0.2) is 16.7 Å². The lowest BCUT2D eigenvalue weighted by atomic mass is 9.96. The zero-order valence-corrected chi connectivity index (χ0v) is 8.34. The number of benzene rings is 1. The number of hydrogen-bond donors (Lipinski definition) is 2. The van der Waals surface area contributed by atoms with Crippen LogP contribution < -0.4 is 5.32 Å². The summed E-state index contributed by atoms with van der Waals surface area (Å²) in [5.41, 5.74) is 0.655. The fourth-order valence-corrected chi connectivity index (χ4v) is 1.77. The van der Waals surface area contributed by atoms with Gasteiger partial charge >= 0.3 is 0 Å². The van der Waals surface area contributed by atoms with Crippen molar-refractivity contribution in [1.29, 1.82) is 0 Å². The Morgan fingerprint density at radius 2 is 2.21 bits per heavy atom. The molecule has 0 radical (unpaired) electrons. The molecule has 2 nitrogen and oxygen atoms in total. The van der Waals surface area contributed by atoms with Gasteiger partial charge in [0.15, 0.2) is 0 Å². The predicted molar refractivity (Wildman–Crippen MR) is 53.8 cm³/mol. The fraction of sp³-hybridized carbons (Fsp3) is 0.455. The third kappa shape index (κ3) is 1.48. The van der Waals surface area contributed by atoms with E-state index in [1.54, 1.807) is 19.9 Å². The van der Waals surface area contributed by atoms with E-state index in [9.17, 15) is 9.50 Å². The van der Waals surface area contributed by atoms with Gasteiger partial charge in [0.2, 0.25) is 0 Å². The van der Waals surface area contributed by atoms with Crippen LogP contribution in [0.5, 0.6) is 0 Å². The molecule has 1 atom stereocenters. The minimum absolute atomic E-state index is 0.102. The van der Waals surface area contributed by atoms with Crippen LogP contribution >= 0.6 is 0 Å². The highest BCUT2D eigenvalue weighted by Gasteiger charge is 2.33. The molecule has 76 valence electrons. The van der Waals surface area contributed by atoms with Crippen molar-refractivity contribution in [2.45, 2.75) is 31.9 Å². The fourth-order valence-electron chi connectivity index (χ4n) is 1.77. The summed E-state index contributed by atoms with van der Waals surface area (Å²) in [5.74, 6) is -0.193. The van der Waals surface area contributed by atoms with E-state index >= 15 is 0 Å². The first-order valence-corrected chi connectivity index (χ1v) is 4.75. The maximum Gasteiger partial charge on any atom is 0.128 e. The number of nitrogens with one attached hydrogen (secondary N) is 1. The van der Waals surface area contributed by atoms with Crippen LogP contribution in [0.15, 0.2) is 18.2 Å². The average Bonchev–Trinajstić information content (AvgIpc) is 2.48. The second-order valence-corrected chi connectivity index (χ2v) is 4.32. The van der Waals surface area contributed by atoms with Crippen LogP contribution in [-0.2, 0) is 6.42 Å². The zero-order chi connectivity index (χ0) is 10.3. The quantitative estimate of drug-likeness (QED) is 0.717. The molecule has 3 heteroatoms. The highest BCUT2D eigenvalue weighted by atomic mass is 19.1. The maximum absolute atomic E-state index is 13.3. The van der Waals surface area contributed by atoms with Crippen molar-refractivity contribution in [2.24, 2.45) is 0 Å². The van der Waals surface area contributed by atoms with E-state index in [1.807, 2.05) is 6.07 Å². The van der Waals surface area contributed by atoms with Crippen LogP contribution in [0.4, 0.5) is 10.1 Å². The largest absolute Gasteiger partial charge is 0.388 e. The minimum atomic E-state index is -0.828. The Hall–Kier alpha value is -1.09. The lowest BCUT2D eigenvalue weighted by molar-refractivity contribution is 0.0613. The molecule has 0 aliphatic carbocycles. The smallest absolute Gasteiger partial charge is 0.128 e. The summed E-state index contributed by atoms with van der Waals surface area (Å²) in [5, 5.41) is 12.9. The molecule has 1 unspecified atom stereocenters. The van der Waals surface area contributed by atoms with Gasteiger partial charge in [-0.05, 0) is 26.0 Å². The summed E-state index contributed by atoms with van der Waals surface area (Å²) in [4.78, 5) is 0. The topological polar surface area (TPSA) is 32.3 Å². The first-order chi connectivity index (χ1) is 6.48. The second-order valence-electron chi connectivity index (χ2n) is 4.32. The van der Waals surface area contributed by atoms with Crippen LogP contribution in [0.25, 0.3) is 0 Å². The Morgan fingerprint density at radius 1 is 1.50 bits per heavy atom. The summed E-state index contributed by atoms with van der Waals surface area (Å²) in [7, 11) is 0. The van der Waals surface area contributed by atoms with Gasteiger partial charge in [-0.15, -0.1) is 0 Å². The van der Waals surface area contributed by atoms with E-state index in [2.05, 4.69) is 5.32 Å². The Balaban J connectivity index is 2.31. The van der Waals surface area contributed by atoms with Gasteiger partial charge in [-0.25, -0.2) is 4.39 Å². The molecule has 1 aromatic rings. The summed E-state index contributed by atoms with van der Waals surface area (Å²) in [6.45, 7) is 3.46. The van der Waals surface area contributed by atoms with E-state index < -0.39 is 5.60 Å². The molecule has 0 spiro atoms. The lowest BCUT2D eigenvalue weighted by Crippen LogP contribution is -2.40. The maximum atomic E-state index is 13.3. The monoisotopic (exact) mass is 195 g/mol. The van der Waals surface area contributed by atoms with E-state index in [1.165, 1.54) is 6.07 Å². The second kappa shape index (κ2) is 2.95. The molecule has 1 aromatic carbocycles. The van der Waals surface area contributed by atoms with Crippen molar-refractivity contribution >= 4 is 5.69 Å². The van der Waals surface area contributed by atoms with Crippen molar-refractivity contribution in [3.05, 3.63) is 29.6 Å². The molecule has 0 bridgehead atoms. The summed E-state index contributed by atoms with van der Waals surface area (Å²) >= 11 is 0. The number of hydrogen-bond acceptors (Lipinski definition) is 2. The summed E-state index contributed by atoms with van der Waals surface area (Å²) in [6.07, 6.45) is 0.547. The number of anilines is 1. The Bertz CT molecular complexity index is 357. The van der Waals surface area contributed by atoms with Crippen molar-refractivity contribution in [1.82, 2.24) is 0 Å². The first kappa shape index (κ1) is 9.46. The first-order valence-electron chi connectivity index (χ1n) is 4.75. The van der Waals surface area contributed by atoms with Gasteiger partial charge < -0.3 is 10.4 Å². The number of rotatable bonds is 1.